The van der Waals surface area contributed by atoms with Crippen LogP contribution in [0, 0.1) is 6.92 Å². The van der Waals surface area contributed by atoms with Gasteiger partial charge < -0.3 is 5.32 Å². The minimum Gasteiger partial charge on any atom is -0.358 e. The van der Waals surface area contributed by atoms with Gasteiger partial charge in [-0.25, -0.2) is 8.51 Å². The van der Waals surface area contributed by atoms with Crippen LogP contribution in [0.3, 0.4) is 0 Å². The highest BCUT2D eigenvalue weighted by molar-refractivity contribution is 7.83. The summed E-state index contributed by atoms with van der Waals surface area (Å²) in [6, 6.07) is 7.29. The number of hydrogen-bond donors (Lipinski definition) is 1. The zero-order chi connectivity index (χ0) is 11.7. The number of aryl methyl sites for hydroxylation is 1. The van der Waals surface area contributed by atoms with Crippen molar-refractivity contribution in [3.8, 4) is 0 Å². The van der Waals surface area contributed by atoms with Gasteiger partial charge in [-0.05, 0) is 19.1 Å². The van der Waals surface area contributed by atoms with Crippen molar-refractivity contribution in [2.45, 2.75) is 17.9 Å². The summed E-state index contributed by atoms with van der Waals surface area (Å²) in [5, 5.41) is 2.56. The van der Waals surface area contributed by atoms with Gasteiger partial charge in [-0.2, -0.15) is 0 Å². The van der Waals surface area contributed by atoms with Gasteiger partial charge in [0.2, 0.25) is 5.91 Å². The van der Waals surface area contributed by atoms with E-state index in [0.29, 0.717) is 6.54 Å². The number of hydrogen-bond acceptors (Lipinski definition) is 2. The van der Waals surface area contributed by atoms with Gasteiger partial charge >= 0.3 is 0 Å². The molecule has 1 fully saturated rings. The lowest BCUT2D eigenvalue weighted by atomic mass is 10.2. The fourth-order valence-corrected chi connectivity index (χ4v) is 2.72. The molecule has 1 saturated heterocycles. The minimum atomic E-state index is -1.21. The van der Waals surface area contributed by atoms with E-state index < -0.39 is 11.0 Å². The highest BCUT2D eigenvalue weighted by Gasteiger charge is 2.44. The van der Waals surface area contributed by atoms with Gasteiger partial charge in [-0.1, -0.05) is 17.7 Å². The fraction of sp³-hybridized carbons (Fsp3) is 0.364. The molecule has 2 rings (SSSR count). The standard InChI is InChI=1S/C11H14N2O2S/c1-8-3-5-9(6-4-8)16(15)13-7-10(13)11(14)12-2/h3-6,10H,7H2,1-2H3,(H,12,14)/t10?,13?,16-/m1/s1. The van der Waals surface area contributed by atoms with E-state index in [1.807, 2.05) is 31.2 Å². The average molecular weight is 238 g/mol. The molecule has 0 saturated carbocycles. The van der Waals surface area contributed by atoms with Crippen LogP contribution in [0.15, 0.2) is 29.2 Å². The first-order valence-corrected chi connectivity index (χ1v) is 6.21. The summed E-state index contributed by atoms with van der Waals surface area (Å²) in [6.45, 7) is 2.55. The summed E-state index contributed by atoms with van der Waals surface area (Å²) >= 11 is 0. The number of nitrogens with zero attached hydrogens (tertiary/aromatic N) is 1. The highest BCUT2D eigenvalue weighted by atomic mass is 32.2. The first-order valence-electron chi connectivity index (χ1n) is 5.10. The molecular weight excluding hydrogens is 224 g/mol. The van der Waals surface area contributed by atoms with Crippen LogP contribution in [0.1, 0.15) is 5.56 Å². The summed E-state index contributed by atoms with van der Waals surface area (Å²) in [7, 11) is 0.379. The predicted molar refractivity (Wildman–Crippen MR) is 62.1 cm³/mol. The van der Waals surface area contributed by atoms with E-state index in [2.05, 4.69) is 5.32 Å². The van der Waals surface area contributed by atoms with Crippen LogP contribution >= 0.6 is 0 Å². The second kappa shape index (κ2) is 4.35. The van der Waals surface area contributed by atoms with Gasteiger partial charge in [-0.3, -0.25) is 4.79 Å². The molecule has 1 heterocycles. The van der Waals surface area contributed by atoms with E-state index >= 15 is 0 Å². The zero-order valence-electron chi connectivity index (χ0n) is 9.27. The van der Waals surface area contributed by atoms with Gasteiger partial charge in [0, 0.05) is 13.6 Å². The normalized spacial score (nSPS) is 24.9. The van der Waals surface area contributed by atoms with Crippen LogP contribution in [-0.2, 0) is 15.8 Å². The molecule has 1 aromatic carbocycles. The number of amides is 1. The first-order chi connectivity index (χ1) is 7.63. The zero-order valence-corrected chi connectivity index (χ0v) is 10.1. The van der Waals surface area contributed by atoms with E-state index in [-0.39, 0.29) is 11.9 Å². The van der Waals surface area contributed by atoms with Crippen LogP contribution in [0.25, 0.3) is 0 Å². The lowest BCUT2D eigenvalue weighted by Crippen LogP contribution is -2.26. The van der Waals surface area contributed by atoms with E-state index in [1.165, 1.54) is 0 Å². The van der Waals surface area contributed by atoms with Gasteiger partial charge in [0.25, 0.3) is 0 Å². The number of likely N-dealkylation sites (N-methyl/N-ethyl adjacent to an activating group) is 1. The second-order valence-corrected chi connectivity index (χ2v) is 5.23. The monoisotopic (exact) mass is 238 g/mol. The third kappa shape index (κ3) is 2.15. The maximum absolute atomic E-state index is 12.0. The lowest BCUT2D eigenvalue weighted by Gasteiger charge is -2.03. The highest BCUT2D eigenvalue weighted by Crippen LogP contribution is 2.24. The summed E-state index contributed by atoms with van der Waals surface area (Å²) in [5.41, 5.74) is 1.13. The third-order valence-electron chi connectivity index (χ3n) is 2.55. The number of carbonyl (C=O) groups is 1. The quantitative estimate of drug-likeness (QED) is 0.777. The second-order valence-electron chi connectivity index (χ2n) is 3.79. The molecule has 2 unspecified atom stereocenters. The van der Waals surface area contributed by atoms with Crippen LogP contribution in [0.2, 0.25) is 0 Å². The van der Waals surface area contributed by atoms with Gasteiger partial charge in [0.15, 0.2) is 0 Å². The van der Waals surface area contributed by atoms with Crippen molar-refractivity contribution >= 4 is 16.9 Å². The van der Waals surface area contributed by atoms with Crippen LogP contribution in [0.4, 0.5) is 0 Å². The maximum Gasteiger partial charge on any atom is 0.239 e. The molecule has 0 aliphatic carbocycles. The predicted octanol–water partition coefficient (Wildman–Crippen LogP) is 0.448. The Morgan fingerprint density at radius 3 is 2.62 bits per heavy atom. The Kier molecular flexibility index (Phi) is 3.07. The fourth-order valence-electron chi connectivity index (χ4n) is 1.48. The Morgan fingerprint density at radius 2 is 2.06 bits per heavy atom. The summed E-state index contributed by atoms with van der Waals surface area (Å²) < 4.78 is 13.7. The number of nitrogens with one attached hydrogen (secondary N) is 1. The van der Waals surface area contributed by atoms with Crippen molar-refractivity contribution in [3.63, 3.8) is 0 Å². The van der Waals surface area contributed by atoms with Crippen LogP contribution in [-0.4, -0.2) is 34.1 Å². The van der Waals surface area contributed by atoms with Crippen molar-refractivity contribution < 1.29 is 9.00 Å². The molecule has 1 amide bonds. The van der Waals surface area contributed by atoms with Crippen LogP contribution < -0.4 is 5.32 Å². The SMILES string of the molecule is CNC(=O)C1CN1[S@](=O)c1ccc(C)cc1. The van der Waals surface area contributed by atoms with Crippen molar-refractivity contribution in [2.75, 3.05) is 13.6 Å². The van der Waals surface area contributed by atoms with Crippen molar-refractivity contribution in [3.05, 3.63) is 29.8 Å². The van der Waals surface area contributed by atoms with Gasteiger partial charge in [0.1, 0.15) is 17.0 Å². The van der Waals surface area contributed by atoms with E-state index in [0.717, 1.165) is 10.5 Å². The Balaban J connectivity index is 2.05. The molecule has 3 atom stereocenters. The molecule has 5 heteroatoms. The molecule has 86 valence electrons. The van der Waals surface area contributed by atoms with Crippen LogP contribution in [0.5, 0.6) is 0 Å². The molecule has 1 aromatic rings. The maximum atomic E-state index is 12.0. The average Bonchev–Trinajstić information content (AvgIpc) is 3.08. The Morgan fingerprint density at radius 1 is 1.44 bits per heavy atom. The van der Waals surface area contributed by atoms with Gasteiger partial charge in [-0.15, -0.1) is 0 Å². The van der Waals surface area contributed by atoms with Crippen molar-refractivity contribution in [2.24, 2.45) is 0 Å². The number of carbonyl (C=O) groups excluding carboxylic acids is 1. The molecule has 1 N–H and O–H groups in total. The summed E-state index contributed by atoms with van der Waals surface area (Å²) in [6.07, 6.45) is 0. The molecule has 4 nitrogen and oxygen atoms in total. The van der Waals surface area contributed by atoms with E-state index in [4.69, 9.17) is 0 Å². The molecule has 1 aliphatic heterocycles. The van der Waals surface area contributed by atoms with E-state index in [1.54, 1.807) is 11.4 Å². The van der Waals surface area contributed by atoms with Gasteiger partial charge in [0.05, 0.1) is 4.90 Å². The first kappa shape index (κ1) is 11.3. The summed E-state index contributed by atoms with van der Waals surface area (Å²) in [4.78, 5) is 12.0. The molecule has 0 spiro atoms. The molecule has 16 heavy (non-hydrogen) atoms. The smallest absolute Gasteiger partial charge is 0.239 e. The Labute approximate surface area is 97.2 Å². The largest absolute Gasteiger partial charge is 0.358 e. The molecular formula is C11H14N2O2S. The van der Waals surface area contributed by atoms with E-state index in [9.17, 15) is 9.00 Å². The van der Waals surface area contributed by atoms with Crippen molar-refractivity contribution in [1.29, 1.82) is 0 Å². The van der Waals surface area contributed by atoms with Crippen molar-refractivity contribution in [1.82, 2.24) is 9.62 Å². The summed E-state index contributed by atoms with van der Waals surface area (Å²) in [5.74, 6) is -0.0690. The molecule has 0 bridgehead atoms. The topological polar surface area (TPSA) is 49.2 Å². The third-order valence-corrected chi connectivity index (χ3v) is 4.06. The molecule has 0 radical (unpaired) electrons. The molecule has 0 aromatic heterocycles. The molecule has 1 aliphatic rings. The number of benzene rings is 1. The lowest BCUT2D eigenvalue weighted by molar-refractivity contribution is -0.120. The minimum absolute atomic E-state index is 0.0690. The Bertz CT molecular complexity index is 430. The number of rotatable bonds is 3. The Hall–Kier alpha value is -1.20.